The van der Waals surface area contributed by atoms with Crippen molar-refractivity contribution in [1.29, 1.82) is 0 Å². The maximum Gasteiger partial charge on any atom is 0.278 e. The Morgan fingerprint density at radius 3 is 2.87 bits per heavy atom. The van der Waals surface area contributed by atoms with Crippen LogP contribution in [0, 0.1) is 6.92 Å². The molecule has 118 valence electrons. The molecule has 0 atom stereocenters. The second kappa shape index (κ2) is 6.48. The van der Waals surface area contributed by atoms with Gasteiger partial charge in [-0.2, -0.15) is 0 Å². The molecule has 2 aromatic heterocycles. The molecule has 0 bridgehead atoms. The minimum Gasteiger partial charge on any atom is -0.383 e. The fourth-order valence-corrected chi connectivity index (χ4v) is 2.76. The first kappa shape index (κ1) is 15.6. The number of methoxy groups -OCH3 is 1. The van der Waals surface area contributed by atoms with E-state index in [0.717, 1.165) is 11.1 Å². The molecule has 0 aliphatic carbocycles. The van der Waals surface area contributed by atoms with E-state index in [1.165, 1.54) is 0 Å². The standard InChI is InChI=1S/C17H16ClN3O2/c1-11-10-12(18)5-6-13(11)15-17(22)21(8-9-23-2)16-14(20-15)4-3-7-19-16/h3-7,10H,8-9H2,1-2H3. The predicted molar refractivity (Wildman–Crippen MR) is 90.9 cm³/mol. The van der Waals surface area contributed by atoms with Gasteiger partial charge in [-0.05, 0) is 36.8 Å². The summed E-state index contributed by atoms with van der Waals surface area (Å²) in [5.74, 6) is 0. The first-order chi connectivity index (χ1) is 11.1. The van der Waals surface area contributed by atoms with Crippen LogP contribution in [-0.4, -0.2) is 28.3 Å². The molecule has 0 unspecified atom stereocenters. The summed E-state index contributed by atoms with van der Waals surface area (Å²) in [6, 6.07) is 9.06. The molecule has 0 fully saturated rings. The average molecular weight is 330 g/mol. The number of hydrogen-bond acceptors (Lipinski definition) is 4. The molecular weight excluding hydrogens is 314 g/mol. The lowest BCUT2D eigenvalue weighted by Gasteiger charge is -2.12. The molecule has 3 aromatic rings. The zero-order chi connectivity index (χ0) is 16.4. The van der Waals surface area contributed by atoms with Gasteiger partial charge in [-0.25, -0.2) is 9.97 Å². The maximum absolute atomic E-state index is 12.9. The van der Waals surface area contributed by atoms with Crippen LogP contribution in [0.1, 0.15) is 5.56 Å². The van der Waals surface area contributed by atoms with Gasteiger partial charge in [0.25, 0.3) is 5.56 Å². The fraction of sp³-hybridized carbons (Fsp3) is 0.235. The summed E-state index contributed by atoms with van der Waals surface area (Å²) in [6.07, 6.45) is 1.65. The predicted octanol–water partition coefficient (Wildman–Crippen LogP) is 3.07. The van der Waals surface area contributed by atoms with E-state index in [2.05, 4.69) is 9.97 Å². The molecule has 0 saturated heterocycles. The summed E-state index contributed by atoms with van der Waals surface area (Å²) in [6.45, 7) is 2.76. The monoisotopic (exact) mass is 329 g/mol. The lowest BCUT2D eigenvalue weighted by Crippen LogP contribution is -2.26. The SMILES string of the molecule is COCCn1c(=O)c(-c2ccc(Cl)cc2C)nc2cccnc21. The van der Waals surface area contributed by atoms with E-state index in [4.69, 9.17) is 16.3 Å². The van der Waals surface area contributed by atoms with Crippen molar-refractivity contribution in [2.45, 2.75) is 13.5 Å². The summed E-state index contributed by atoms with van der Waals surface area (Å²) in [7, 11) is 1.60. The molecule has 6 heteroatoms. The fourth-order valence-electron chi connectivity index (χ4n) is 2.53. The van der Waals surface area contributed by atoms with Crippen LogP contribution in [0.15, 0.2) is 41.3 Å². The molecule has 0 aliphatic rings. The number of benzene rings is 1. The number of halogens is 1. The third kappa shape index (κ3) is 2.98. The average Bonchev–Trinajstić information content (AvgIpc) is 2.54. The molecule has 0 saturated carbocycles. The Kier molecular flexibility index (Phi) is 4.41. The molecule has 0 N–H and O–H groups in total. The Bertz CT molecular complexity index is 921. The Morgan fingerprint density at radius 1 is 1.30 bits per heavy atom. The lowest BCUT2D eigenvalue weighted by atomic mass is 10.1. The van der Waals surface area contributed by atoms with Crippen molar-refractivity contribution >= 4 is 22.8 Å². The van der Waals surface area contributed by atoms with Crippen LogP contribution in [0.4, 0.5) is 0 Å². The molecule has 1 aromatic carbocycles. The van der Waals surface area contributed by atoms with Gasteiger partial charge in [-0.15, -0.1) is 0 Å². The molecular formula is C17H16ClN3O2. The van der Waals surface area contributed by atoms with Crippen LogP contribution in [0.2, 0.25) is 5.02 Å². The summed E-state index contributed by atoms with van der Waals surface area (Å²) in [4.78, 5) is 21.7. The van der Waals surface area contributed by atoms with Crippen molar-refractivity contribution in [2.24, 2.45) is 0 Å². The molecule has 0 spiro atoms. The van der Waals surface area contributed by atoms with Crippen LogP contribution in [-0.2, 0) is 11.3 Å². The number of aryl methyl sites for hydroxylation is 1. The van der Waals surface area contributed by atoms with Crippen molar-refractivity contribution in [3.05, 3.63) is 57.5 Å². The van der Waals surface area contributed by atoms with E-state index >= 15 is 0 Å². The van der Waals surface area contributed by atoms with Crippen LogP contribution in [0.25, 0.3) is 22.4 Å². The van der Waals surface area contributed by atoms with E-state index in [9.17, 15) is 4.79 Å². The number of aromatic nitrogens is 3. The van der Waals surface area contributed by atoms with Gasteiger partial charge < -0.3 is 4.74 Å². The highest BCUT2D eigenvalue weighted by Gasteiger charge is 2.15. The van der Waals surface area contributed by atoms with E-state index in [1.54, 1.807) is 30.0 Å². The second-order valence-electron chi connectivity index (χ2n) is 5.22. The number of hydrogen-bond donors (Lipinski definition) is 0. The molecule has 2 heterocycles. The topological polar surface area (TPSA) is 57.0 Å². The first-order valence-electron chi connectivity index (χ1n) is 7.23. The molecule has 23 heavy (non-hydrogen) atoms. The summed E-state index contributed by atoms with van der Waals surface area (Å²) < 4.78 is 6.72. The summed E-state index contributed by atoms with van der Waals surface area (Å²) >= 11 is 6.01. The number of rotatable bonds is 4. The Balaban J connectivity index is 2.29. The van der Waals surface area contributed by atoms with Crippen molar-refractivity contribution in [3.8, 4) is 11.3 Å². The van der Waals surface area contributed by atoms with Gasteiger partial charge in [0.05, 0.1) is 13.2 Å². The Labute approximate surface area is 138 Å². The van der Waals surface area contributed by atoms with Crippen molar-refractivity contribution in [1.82, 2.24) is 14.5 Å². The Hall–Kier alpha value is -2.24. The van der Waals surface area contributed by atoms with Crippen LogP contribution < -0.4 is 5.56 Å². The smallest absolute Gasteiger partial charge is 0.278 e. The van der Waals surface area contributed by atoms with Crippen molar-refractivity contribution in [3.63, 3.8) is 0 Å². The third-order valence-electron chi connectivity index (χ3n) is 3.66. The summed E-state index contributed by atoms with van der Waals surface area (Å²) in [5.41, 5.74) is 3.13. The number of nitrogens with zero attached hydrogens (tertiary/aromatic N) is 3. The number of pyridine rings is 1. The highest BCUT2D eigenvalue weighted by atomic mass is 35.5. The molecule has 0 amide bonds. The van der Waals surface area contributed by atoms with E-state index < -0.39 is 0 Å². The second-order valence-corrected chi connectivity index (χ2v) is 5.65. The highest BCUT2D eigenvalue weighted by molar-refractivity contribution is 6.30. The largest absolute Gasteiger partial charge is 0.383 e. The molecule has 3 rings (SSSR count). The maximum atomic E-state index is 12.9. The van der Waals surface area contributed by atoms with Gasteiger partial charge >= 0.3 is 0 Å². The van der Waals surface area contributed by atoms with E-state index in [1.807, 2.05) is 25.1 Å². The van der Waals surface area contributed by atoms with Crippen molar-refractivity contribution < 1.29 is 4.74 Å². The van der Waals surface area contributed by atoms with Gasteiger partial charge in [-0.1, -0.05) is 17.7 Å². The first-order valence-corrected chi connectivity index (χ1v) is 7.60. The van der Waals surface area contributed by atoms with Gasteiger partial charge in [-0.3, -0.25) is 9.36 Å². The molecule has 0 radical (unpaired) electrons. The van der Waals surface area contributed by atoms with Crippen molar-refractivity contribution in [2.75, 3.05) is 13.7 Å². The van der Waals surface area contributed by atoms with E-state index in [0.29, 0.717) is 35.0 Å². The van der Waals surface area contributed by atoms with Gasteiger partial charge in [0, 0.05) is 23.9 Å². The zero-order valence-corrected chi connectivity index (χ0v) is 13.7. The van der Waals surface area contributed by atoms with Gasteiger partial charge in [0.1, 0.15) is 11.2 Å². The number of ether oxygens (including phenoxy) is 1. The quantitative estimate of drug-likeness (QED) is 0.738. The van der Waals surface area contributed by atoms with Crippen LogP contribution >= 0.6 is 11.6 Å². The zero-order valence-electron chi connectivity index (χ0n) is 12.9. The van der Waals surface area contributed by atoms with E-state index in [-0.39, 0.29) is 5.56 Å². The van der Waals surface area contributed by atoms with Crippen LogP contribution in [0.3, 0.4) is 0 Å². The third-order valence-corrected chi connectivity index (χ3v) is 3.90. The lowest BCUT2D eigenvalue weighted by molar-refractivity contribution is 0.187. The minimum absolute atomic E-state index is 0.182. The molecule has 5 nitrogen and oxygen atoms in total. The molecule has 0 aliphatic heterocycles. The normalized spacial score (nSPS) is 11.1. The number of fused-ring (bicyclic) bond motifs is 1. The highest BCUT2D eigenvalue weighted by Crippen LogP contribution is 2.23. The van der Waals surface area contributed by atoms with Gasteiger partial charge in [0.15, 0.2) is 5.65 Å². The Morgan fingerprint density at radius 2 is 2.13 bits per heavy atom. The minimum atomic E-state index is -0.182. The van der Waals surface area contributed by atoms with Gasteiger partial charge in [0.2, 0.25) is 0 Å². The summed E-state index contributed by atoms with van der Waals surface area (Å²) in [5, 5.41) is 0.633. The van der Waals surface area contributed by atoms with Crippen LogP contribution in [0.5, 0.6) is 0 Å².